The molecule has 2 atom stereocenters. The second-order valence-electron chi connectivity index (χ2n) is 5.75. The van der Waals surface area contributed by atoms with Crippen LogP contribution in [0.25, 0.3) is 0 Å². The van der Waals surface area contributed by atoms with Gasteiger partial charge >= 0.3 is 0 Å². The van der Waals surface area contributed by atoms with Gasteiger partial charge in [-0.25, -0.2) is 0 Å². The summed E-state index contributed by atoms with van der Waals surface area (Å²) >= 11 is 0. The Morgan fingerprint density at radius 3 is 2.88 bits per heavy atom. The predicted molar refractivity (Wildman–Crippen MR) is 71.4 cm³/mol. The third kappa shape index (κ3) is 3.91. The maximum Gasteiger partial charge on any atom is 0.0309 e. The quantitative estimate of drug-likeness (QED) is 0.681. The van der Waals surface area contributed by atoms with Crippen LogP contribution >= 0.6 is 0 Å². The van der Waals surface area contributed by atoms with Gasteiger partial charge in [-0.05, 0) is 31.1 Å². The molecule has 1 rings (SSSR count). The van der Waals surface area contributed by atoms with Crippen LogP contribution in [0.5, 0.6) is 0 Å². The van der Waals surface area contributed by atoms with Crippen molar-refractivity contribution in [3.63, 3.8) is 0 Å². The van der Waals surface area contributed by atoms with Crippen LogP contribution in [0, 0.1) is 11.8 Å². The molecule has 1 fully saturated rings. The standard InChI is InChI=1S/C14H28N2/c1-4-8-16-14(11-15)7-5-6-13(10-14)9-12(2)3/h4,12-13,16H,1,5-11,15H2,2-3H3. The third-order valence-electron chi connectivity index (χ3n) is 3.76. The van der Waals surface area contributed by atoms with Crippen LogP contribution in [-0.2, 0) is 0 Å². The fourth-order valence-electron chi connectivity index (χ4n) is 3.06. The lowest BCUT2D eigenvalue weighted by atomic mass is 9.73. The van der Waals surface area contributed by atoms with Crippen molar-refractivity contribution in [3.05, 3.63) is 12.7 Å². The monoisotopic (exact) mass is 224 g/mol. The van der Waals surface area contributed by atoms with Crippen LogP contribution in [0.2, 0.25) is 0 Å². The molecule has 2 unspecified atom stereocenters. The molecule has 3 N–H and O–H groups in total. The van der Waals surface area contributed by atoms with E-state index in [2.05, 4.69) is 25.7 Å². The van der Waals surface area contributed by atoms with Gasteiger partial charge in [-0.15, -0.1) is 6.58 Å². The second-order valence-corrected chi connectivity index (χ2v) is 5.75. The van der Waals surface area contributed by atoms with Crippen molar-refractivity contribution in [1.29, 1.82) is 0 Å². The van der Waals surface area contributed by atoms with E-state index in [9.17, 15) is 0 Å². The molecule has 1 saturated carbocycles. The number of nitrogens with one attached hydrogen (secondary N) is 1. The van der Waals surface area contributed by atoms with Crippen LogP contribution in [0.4, 0.5) is 0 Å². The Bertz CT molecular complexity index is 213. The molecule has 2 nitrogen and oxygen atoms in total. The van der Waals surface area contributed by atoms with Crippen LogP contribution in [-0.4, -0.2) is 18.6 Å². The van der Waals surface area contributed by atoms with E-state index in [1.807, 2.05) is 6.08 Å². The highest BCUT2D eigenvalue weighted by molar-refractivity contribution is 4.96. The normalized spacial score (nSPS) is 30.6. The SMILES string of the molecule is C=CCNC1(CN)CCCC(CC(C)C)C1. The van der Waals surface area contributed by atoms with Crippen LogP contribution in [0.1, 0.15) is 46.0 Å². The molecule has 0 spiro atoms. The predicted octanol–water partition coefficient (Wildman–Crippen LogP) is 2.70. The number of nitrogens with two attached hydrogens (primary N) is 1. The molecule has 0 radical (unpaired) electrons. The van der Waals surface area contributed by atoms with E-state index in [1.54, 1.807) is 0 Å². The summed E-state index contributed by atoms with van der Waals surface area (Å²) in [6.07, 6.45) is 8.46. The number of hydrogen-bond donors (Lipinski definition) is 2. The summed E-state index contributed by atoms with van der Waals surface area (Å²) in [7, 11) is 0. The highest BCUT2D eigenvalue weighted by Gasteiger charge is 2.34. The summed E-state index contributed by atoms with van der Waals surface area (Å²) in [6, 6.07) is 0. The smallest absolute Gasteiger partial charge is 0.0309 e. The lowest BCUT2D eigenvalue weighted by molar-refractivity contribution is 0.172. The molecule has 16 heavy (non-hydrogen) atoms. The molecule has 2 heteroatoms. The Morgan fingerprint density at radius 1 is 1.56 bits per heavy atom. The first kappa shape index (κ1) is 13.7. The maximum absolute atomic E-state index is 5.98. The molecule has 0 bridgehead atoms. The molecule has 0 aromatic carbocycles. The third-order valence-corrected chi connectivity index (χ3v) is 3.76. The summed E-state index contributed by atoms with van der Waals surface area (Å²) in [5, 5.41) is 3.59. The number of hydrogen-bond acceptors (Lipinski definition) is 2. The second kappa shape index (κ2) is 6.41. The van der Waals surface area contributed by atoms with E-state index < -0.39 is 0 Å². The van der Waals surface area contributed by atoms with Gasteiger partial charge in [0.2, 0.25) is 0 Å². The highest BCUT2D eigenvalue weighted by Crippen LogP contribution is 2.35. The molecule has 1 aliphatic carbocycles. The molecule has 0 aromatic rings. The summed E-state index contributed by atoms with van der Waals surface area (Å²) in [6.45, 7) is 10.0. The van der Waals surface area contributed by atoms with Gasteiger partial charge in [0.1, 0.15) is 0 Å². The van der Waals surface area contributed by atoms with Crippen LogP contribution < -0.4 is 11.1 Å². The van der Waals surface area contributed by atoms with Crippen molar-refractivity contribution in [2.45, 2.75) is 51.5 Å². The van der Waals surface area contributed by atoms with Gasteiger partial charge in [0.05, 0.1) is 0 Å². The number of rotatable bonds is 6. The molecular formula is C14H28N2. The first-order valence-corrected chi connectivity index (χ1v) is 6.68. The molecule has 0 saturated heterocycles. The average molecular weight is 224 g/mol. The molecule has 0 amide bonds. The zero-order chi connectivity index (χ0) is 12.0. The average Bonchev–Trinajstić information content (AvgIpc) is 2.26. The van der Waals surface area contributed by atoms with Crippen molar-refractivity contribution in [1.82, 2.24) is 5.32 Å². The van der Waals surface area contributed by atoms with Crippen molar-refractivity contribution in [3.8, 4) is 0 Å². The van der Waals surface area contributed by atoms with Crippen LogP contribution in [0.15, 0.2) is 12.7 Å². The highest BCUT2D eigenvalue weighted by atomic mass is 15.0. The Hall–Kier alpha value is -0.340. The first-order chi connectivity index (χ1) is 7.62. The maximum atomic E-state index is 5.98. The minimum atomic E-state index is 0.187. The largest absolute Gasteiger partial charge is 0.329 e. The Labute approximate surface area is 101 Å². The molecule has 94 valence electrons. The summed E-state index contributed by atoms with van der Waals surface area (Å²) in [5.41, 5.74) is 6.16. The van der Waals surface area contributed by atoms with E-state index in [1.165, 1.54) is 32.1 Å². The Balaban J connectivity index is 2.53. The van der Waals surface area contributed by atoms with Crippen molar-refractivity contribution >= 4 is 0 Å². The molecule has 0 aliphatic heterocycles. The lowest BCUT2D eigenvalue weighted by Crippen LogP contribution is -2.54. The molecular weight excluding hydrogens is 196 g/mol. The van der Waals surface area contributed by atoms with Gasteiger partial charge in [-0.3, -0.25) is 0 Å². The van der Waals surface area contributed by atoms with Crippen molar-refractivity contribution in [2.75, 3.05) is 13.1 Å². The van der Waals surface area contributed by atoms with Gasteiger partial charge in [0.15, 0.2) is 0 Å². The van der Waals surface area contributed by atoms with E-state index in [4.69, 9.17) is 5.73 Å². The van der Waals surface area contributed by atoms with Crippen LogP contribution in [0.3, 0.4) is 0 Å². The van der Waals surface area contributed by atoms with E-state index in [0.717, 1.165) is 24.9 Å². The lowest BCUT2D eigenvalue weighted by Gasteiger charge is -2.41. The topological polar surface area (TPSA) is 38.0 Å². The molecule has 0 heterocycles. The Morgan fingerprint density at radius 2 is 2.31 bits per heavy atom. The summed E-state index contributed by atoms with van der Waals surface area (Å²) in [5.74, 6) is 1.66. The van der Waals surface area contributed by atoms with E-state index >= 15 is 0 Å². The first-order valence-electron chi connectivity index (χ1n) is 6.68. The fourth-order valence-corrected chi connectivity index (χ4v) is 3.06. The van der Waals surface area contributed by atoms with Gasteiger partial charge in [0.25, 0.3) is 0 Å². The summed E-state index contributed by atoms with van der Waals surface area (Å²) in [4.78, 5) is 0. The molecule has 1 aliphatic rings. The zero-order valence-electron chi connectivity index (χ0n) is 11.0. The minimum Gasteiger partial charge on any atom is -0.329 e. The zero-order valence-corrected chi connectivity index (χ0v) is 11.0. The van der Waals surface area contributed by atoms with Gasteiger partial charge < -0.3 is 11.1 Å². The van der Waals surface area contributed by atoms with Gasteiger partial charge in [-0.1, -0.05) is 32.8 Å². The van der Waals surface area contributed by atoms with Crippen molar-refractivity contribution < 1.29 is 0 Å². The minimum absolute atomic E-state index is 0.187. The molecule has 0 aromatic heterocycles. The Kier molecular flexibility index (Phi) is 5.50. The van der Waals surface area contributed by atoms with E-state index in [-0.39, 0.29) is 5.54 Å². The van der Waals surface area contributed by atoms with Gasteiger partial charge in [-0.2, -0.15) is 0 Å². The fraction of sp³-hybridized carbons (Fsp3) is 0.857. The summed E-state index contributed by atoms with van der Waals surface area (Å²) < 4.78 is 0. The van der Waals surface area contributed by atoms with Crippen molar-refractivity contribution in [2.24, 2.45) is 17.6 Å². The van der Waals surface area contributed by atoms with E-state index in [0.29, 0.717) is 0 Å². The van der Waals surface area contributed by atoms with Gasteiger partial charge in [0, 0.05) is 18.6 Å².